The van der Waals surface area contributed by atoms with Gasteiger partial charge in [0.15, 0.2) is 12.4 Å². The van der Waals surface area contributed by atoms with Crippen LogP contribution in [0.4, 0.5) is 10.2 Å². The highest BCUT2D eigenvalue weighted by atomic mass is 31.2. The van der Waals surface area contributed by atoms with Gasteiger partial charge in [-0.1, -0.05) is 91.4 Å². The molecule has 3 saturated heterocycles. The second kappa shape index (κ2) is 13.5. The van der Waals surface area contributed by atoms with Gasteiger partial charge in [-0.3, -0.25) is 9.36 Å². The smallest absolute Gasteiger partial charge is 0.351 e. The predicted molar refractivity (Wildman–Crippen MR) is 173 cm³/mol. The van der Waals surface area contributed by atoms with Crippen molar-refractivity contribution in [2.75, 3.05) is 18.5 Å². The molecule has 1 amide bonds. The molecule has 0 spiro atoms. The molecule has 45 heavy (non-hydrogen) atoms. The molecule has 240 valence electrons. The Kier molecular flexibility index (Phi) is 9.63. The number of benzene rings is 2. The minimum atomic E-state index is -2.22. The van der Waals surface area contributed by atoms with Crippen LogP contribution in [-0.2, 0) is 18.6 Å². The molecule has 6 rings (SSSR count). The standard InChI is InChI=1S/C32H40FN4O6PSi/c1-21(2)30(39)34-27-16-18-36(32(40)35-27)31-28(33)29(25(19-38)41-31)43-44-37-17-10-15-24(37)26(42-44)20-45(3,22-11-6-4-7-12-22)23-13-8-5-9-14-23/h4-9,11-14,16,18,21,24-26,28-29,31,38H,10,15,17,19-20H2,1-3H3,(H,34,35,39,40)/t24-,25+,26+,28-,29?,31+,44-/m0/s1. The van der Waals surface area contributed by atoms with Crippen LogP contribution in [0.15, 0.2) is 77.7 Å². The Morgan fingerprint density at radius 3 is 2.40 bits per heavy atom. The summed E-state index contributed by atoms with van der Waals surface area (Å²) in [5.74, 6) is -0.514. The number of amides is 1. The van der Waals surface area contributed by atoms with Crippen molar-refractivity contribution in [2.45, 2.75) is 76.0 Å². The van der Waals surface area contributed by atoms with Crippen LogP contribution in [0.1, 0.15) is 32.9 Å². The summed E-state index contributed by atoms with van der Waals surface area (Å²) in [6.07, 6.45) is -2.07. The van der Waals surface area contributed by atoms with Crippen molar-refractivity contribution >= 4 is 38.7 Å². The van der Waals surface area contributed by atoms with Crippen molar-refractivity contribution in [2.24, 2.45) is 5.92 Å². The molecule has 3 aliphatic heterocycles. The van der Waals surface area contributed by atoms with Gasteiger partial charge in [0.2, 0.25) is 5.91 Å². The van der Waals surface area contributed by atoms with E-state index in [1.165, 1.54) is 22.6 Å². The number of aliphatic hydroxyl groups excluding tert-OH is 1. The van der Waals surface area contributed by atoms with Gasteiger partial charge in [-0.05, 0) is 25.0 Å². The van der Waals surface area contributed by atoms with E-state index in [0.717, 1.165) is 30.0 Å². The molecule has 1 aromatic heterocycles. The summed E-state index contributed by atoms with van der Waals surface area (Å²) in [5, 5.41) is 15.4. The van der Waals surface area contributed by atoms with Crippen molar-refractivity contribution in [3.8, 4) is 0 Å². The van der Waals surface area contributed by atoms with Gasteiger partial charge in [0.25, 0.3) is 8.53 Å². The minimum Gasteiger partial charge on any atom is -0.394 e. The lowest BCUT2D eigenvalue weighted by molar-refractivity contribution is -0.118. The second-order valence-corrected chi connectivity index (χ2v) is 18.1. The quantitative estimate of drug-likeness (QED) is 0.253. The number of aromatic nitrogens is 2. The fourth-order valence-corrected chi connectivity index (χ4v) is 12.5. The van der Waals surface area contributed by atoms with Gasteiger partial charge in [-0.15, -0.1) is 0 Å². The van der Waals surface area contributed by atoms with E-state index in [9.17, 15) is 14.7 Å². The topological polar surface area (TPSA) is 115 Å². The van der Waals surface area contributed by atoms with Crippen LogP contribution in [-0.4, -0.2) is 77.0 Å². The molecule has 0 saturated carbocycles. The number of fused-ring (bicyclic) bond motifs is 1. The molecular weight excluding hydrogens is 614 g/mol. The van der Waals surface area contributed by atoms with E-state index in [1.54, 1.807) is 13.8 Å². The minimum absolute atomic E-state index is 0.0744. The number of hydrogen-bond acceptors (Lipinski definition) is 8. The highest BCUT2D eigenvalue weighted by molar-refractivity contribution is 7.45. The molecule has 2 N–H and O–H groups in total. The maximum absolute atomic E-state index is 16.1. The number of carbonyl (C=O) groups is 1. The number of rotatable bonds is 10. The van der Waals surface area contributed by atoms with Crippen LogP contribution in [0, 0.1) is 5.92 Å². The maximum atomic E-state index is 16.1. The Hall–Kier alpha value is -2.83. The average Bonchev–Trinajstić information content (AvgIpc) is 3.74. The van der Waals surface area contributed by atoms with E-state index in [2.05, 4.69) is 70.0 Å². The third kappa shape index (κ3) is 6.42. The lowest BCUT2D eigenvalue weighted by Gasteiger charge is -2.32. The number of alkyl halides is 1. The molecule has 7 atom stereocenters. The summed E-state index contributed by atoms with van der Waals surface area (Å²) >= 11 is 0. The Balaban J connectivity index is 1.20. The van der Waals surface area contributed by atoms with Crippen LogP contribution in [0.25, 0.3) is 0 Å². The third-order valence-corrected chi connectivity index (χ3v) is 15.3. The van der Waals surface area contributed by atoms with Gasteiger partial charge >= 0.3 is 5.69 Å². The van der Waals surface area contributed by atoms with E-state index in [0.29, 0.717) is 0 Å². The first-order valence-electron chi connectivity index (χ1n) is 15.5. The number of nitrogens with one attached hydrogen (secondary N) is 1. The molecule has 0 aliphatic carbocycles. The second-order valence-electron chi connectivity index (χ2n) is 12.4. The van der Waals surface area contributed by atoms with Gasteiger partial charge in [0, 0.05) is 24.7 Å². The highest BCUT2D eigenvalue weighted by Gasteiger charge is 2.54. The molecular formula is C32H40FN4O6PSi. The van der Waals surface area contributed by atoms with E-state index < -0.39 is 53.5 Å². The molecule has 3 aromatic rings. The van der Waals surface area contributed by atoms with Gasteiger partial charge in [0.05, 0.1) is 12.7 Å². The average molecular weight is 655 g/mol. The zero-order valence-electron chi connectivity index (χ0n) is 25.7. The SMILES string of the molecule is CC(C)C(=O)Nc1ccn([C@@H]2O[C@H](CO)C(O[P@]3O[C@H](C[Si](C)(c4ccccc4)c4ccccc4)[C@@H]4CCCN43)[C@@H]2F)c(=O)n1. The van der Waals surface area contributed by atoms with E-state index in [4.69, 9.17) is 13.8 Å². The molecule has 0 radical (unpaired) electrons. The molecule has 4 heterocycles. The molecule has 1 unspecified atom stereocenters. The van der Waals surface area contributed by atoms with Gasteiger partial charge in [-0.2, -0.15) is 4.98 Å². The molecule has 3 aliphatic rings. The van der Waals surface area contributed by atoms with Crippen molar-refractivity contribution in [3.63, 3.8) is 0 Å². The number of ether oxygens (including phenoxy) is 1. The number of anilines is 1. The summed E-state index contributed by atoms with van der Waals surface area (Å²) in [5.41, 5.74) is -0.782. The fourth-order valence-electron chi connectivity index (χ4n) is 6.52. The fraction of sp³-hybridized carbons (Fsp3) is 0.469. The Labute approximate surface area is 264 Å². The van der Waals surface area contributed by atoms with Crippen molar-refractivity contribution < 1.29 is 28.1 Å². The predicted octanol–water partition coefficient (Wildman–Crippen LogP) is 3.43. The normalized spacial score (nSPS) is 28.4. The first kappa shape index (κ1) is 32.1. The summed E-state index contributed by atoms with van der Waals surface area (Å²) < 4.78 is 38.3. The lowest BCUT2D eigenvalue weighted by atomic mass is 10.1. The van der Waals surface area contributed by atoms with Crippen LogP contribution >= 0.6 is 8.53 Å². The molecule has 10 nitrogen and oxygen atoms in total. The Morgan fingerprint density at radius 2 is 1.80 bits per heavy atom. The zero-order chi connectivity index (χ0) is 31.7. The number of carbonyl (C=O) groups excluding carboxylic acids is 1. The van der Waals surface area contributed by atoms with Gasteiger partial charge in [-0.25, -0.2) is 13.9 Å². The number of hydrogen-bond donors (Lipinski definition) is 2. The van der Waals surface area contributed by atoms with Crippen molar-refractivity contribution in [1.82, 2.24) is 14.2 Å². The van der Waals surface area contributed by atoms with E-state index in [1.807, 2.05) is 12.1 Å². The van der Waals surface area contributed by atoms with Crippen LogP contribution < -0.4 is 21.4 Å². The van der Waals surface area contributed by atoms with Crippen LogP contribution in [0.3, 0.4) is 0 Å². The van der Waals surface area contributed by atoms with Gasteiger partial charge in [0.1, 0.15) is 26.1 Å². The Bertz CT molecular complexity index is 1500. The number of aliphatic hydroxyl groups is 1. The molecule has 13 heteroatoms. The van der Waals surface area contributed by atoms with E-state index in [-0.39, 0.29) is 29.8 Å². The molecule has 0 bridgehead atoms. The first-order chi connectivity index (χ1) is 21.7. The third-order valence-electron chi connectivity index (χ3n) is 9.10. The van der Waals surface area contributed by atoms with Gasteiger partial charge < -0.3 is 24.2 Å². The van der Waals surface area contributed by atoms with E-state index >= 15 is 4.39 Å². The van der Waals surface area contributed by atoms with Crippen molar-refractivity contribution in [3.05, 3.63) is 83.4 Å². The summed E-state index contributed by atoms with van der Waals surface area (Å²) in [4.78, 5) is 28.8. The highest BCUT2D eigenvalue weighted by Crippen LogP contribution is 2.59. The maximum Gasteiger partial charge on any atom is 0.351 e. The number of halogens is 1. The molecule has 3 fully saturated rings. The monoisotopic (exact) mass is 654 g/mol. The largest absolute Gasteiger partial charge is 0.394 e. The lowest BCUT2D eigenvalue weighted by Crippen LogP contribution is -2.58. The number of nitrogens with zero attached hydrogens (tertiary/aromatic N) is 3. The zero-order valence-corrected chi connectivity index (χ0v) is 27.6. The van der Waals surface area contributed by atoms with Crippen LogP contribution in [0.5, 0.6) is 0 Å². The van der Waals surface area contributed by atoms with Crippen molar-refractivity contribution in [1.29, 1.82) is 0 Å². The summed E-state index contributed by atoms with van der Waals surface area (Å²) in [6.45, 7) is 6.12. The molecule has 2 aromatic carbocycles. The Morgan fingerprint density at radius 1 is 1.13 bits per heavy atom. The first-order valence-corrected chi connectivity index (χ1v) is 19.3. The summed E-state index contributed by atoms with van der Waals surface area (Å²) in [7, 11) is -3.85. The van der Waals surface area contributed by atoms with Crippen LogP contribution in [0.2, 0.25) is 12.6 Å². The summed E-state index contributed by atoms with van der Waals surface area (Å²) in [6, 6.07) is 23.6.